The number of ether oxygens (including phenoxy) is 1. The molecule has 0 bridgehead atoms. The lowest BCUT2D eigenvalue weighted by Crippen LogP contribution is -2.30. The van der Waals surface area contributed by atoms with Gasteiger partial charge in [0.2, 0.25) is 0 Å². The maximum atomic E-state index is 10.7. The normalized spacial score (nSPS) is 10.6. The van der Waals surface area contributed by atoms with Crippen molar-refractivity contribution in [2.24, 2.45) is 5.10 Å². The fourth-order valence-electron chi connectivity index (χ4n) is 1.53. The average Bonchev–Trinajstić information content (AvgIpc) is 2.40. The zero-order valence-corrected chi connectivity index (χ0v) is 12.4. The van der Waals surface area contributed by atoms with E-state index in [1.807, 2.05) is 0 Å². The van der Waals surface area contributed by atoms with Gasteiger partial charge in [0.25, 0.3) is 0 Å². The highest BCUT2D eigenvalue weighted by atomic mass is 35.5. The fourth-order valence-corrected chi connectivity index (χ4v) is 1.75. The summed E-state index contributed by atoms with van der Waals surface area (Å²) in [5, 5.41) is 31.8. The monoisotopic (exact) mass is 330 g/mol. The minimum Gasteiger partial charge on any atom is -0.503 e. The Labute approximate surface area is 131 Å². The molecule has 0 aliphatic carbocycles. The third-order valence-corrected chi connectivity index (χ3v) is 2.64. The molecule has 0 aliphatic rings. The zero-order valence-electron chi connectivity index (χ0n) is 11.7. The van der Waals surface area contributed by atoms with E-state index in [1.165, 1.54) is 18.3 Å². The van der Waals surface area contributed by atoms with Crippen LogP contribution in [0.15, 0.2) is 17.2 Å². The first-order valence-corrected chi connectivity index (χ1v) is 6.59. The van der Waals surface area contributed by atoms with Gasteiger partial charge < -0.3 is 20.1 Å². The number of nitrogens with zero attached hydrogens (tertiary/aromatic N) is 2. The summed E-state index contributed by atoms with van der Waals surface area (Å²) in [5.41, 5.74) is 0.423. The second kappa shape index (κ2) is 8.08. The summed E-state index contributed by atoms with van der Waals surface area (Å²) in [6, 6.07) is 2.84. The first-order valence-electron chi connectivity index (χ1n) is 6.21. The van der Waals surface area contributed by atoms with Crippen molar-refractivity contribution in [3.8, 4) is 11.5 Å². The van der Waals surface area contributed by atoms with Gasteiger partial charge in [0.15, 0.2) is 11.5 Å². The van der Waals surface area contributed by atoms with Gasteiger partial charge in [-0.05, 0) is 24.6 Å². The summed E-state index contributed by atoms with van der Waals surface area (Å²) in [7, 11) is 0. The lowest BCUT2D eigenvalue weighted by atomic mass is 10.2. The summed E-state index contributed by atoms with van der Waals surface area (Å²) in [5.74, 6) is -2.48. The molecule has 22 heavy (non-hydrogen) atoms. The average molecular weight is 331 g/mol. The van der Waals surface area contributed by atoms with Crippen LogP contribution in [0.3, 0.4) is 0 Å². The van der Waals surface area contributed by atoms with Crippen LogP contribution in [0.5, 0.6) is 11.5 Å². The first-order chi connectivity index (χ1) is 10.3. The Morgan fingerprint density at radius 3 is 2.41 bits per heavy atom. The molecule has 0 amide bonds. The quantitative estimate of drug-likeness (QED) is 0.484. The van der Waals surface area contributed by atoms with Crippen LogP contribution < -0.4 is 4.74 Å². The van der Waals surface area contributed by atoms with Gasteiger partial charge in [-0.25, -0.2) is 0 Å². The van der Waals surface area contributed by atoms with E-state index in [0.29, 0.717) is 12.2 Å². The van der Waals surface area contributed by atoms with E-state index >= 15 is 0 Å². The number of halogens is 1. The molecule has 3 N–H and O–H groups in total. The predicted octanol–water partition coefficient (Wildman–Crippen LogP) is 1.25. The summed E-state index contributed by atoms with van der Waals surface area (Å²) in [4.78, 5) is 21.3. The number of rotatable bonds is 8. The van der Waals surface area contributed by atoms with Gasteiger partial charge in [-0.3, -0.25) is 14.6 Å². The van der Waals surface area contributed by atoms with Crippen molar-refractivity contribution in [2.45, 2.75) is 6.92 Å². The molecule has 1 aromatic rings. The number of hydrogen-bond donors (Lipinski definition) is 3. The molecule has 0 radical (unpaired) electrons. The van der Waals surface area contributed by atoms with Gasteiger partial charge in [0, 0.05) is 0 Å². The third kappa shape index (κ3) is 5.49. The number of carboxylic acids is 2. The molecule has 120 valence electrons. The number of benzene rings is 1. The summed E-state index contributed by atoms with van der Waals surface area (Å²) >= 11 is 5.85. The molecule has 0 saturated carbocycles. The maximum absolute atomic E-state index is 10.7. The number of aliphatic carboxylic acids is 2. The minimum atomic E-state index is -1.21. The summed E-state index contributed by atoms with van der Waals surface area (Å²) < 4.78 is 5.20. The lowest BCUT2D eigenvalue weighted by Gasteiger charge is -2.14. The number of aromatic hydroxyl groups is 1. The molecular formula is C13H15ClN2O6. The van der Waals surface area contributed by atoms with Crippen LogP contribution in [0.4, 0.5) is 0 Å². The zero-order chi connectivity index (χ0) is 16.7. The lowest BCUT2D eigenvalue weighted by molar-refractivity contribution is -0.141. The Balaban J connectivity index is 2.98. The van der Waals surface area contributed by atoms with Crippen LogP contribution in [0, 0.1) is 0 Å². The first kappa shape index (κ1) is 17.6. The molecule has 0 heterocycles. The second-order valence-corrected chi connectivity index (χ2v) is 4.54. The van der Waals surface area contributed by atoms with E-state index in [0.717, 1.165) is 5.01 Å². The van der Waals surface area contributed by atoms with Crippen LogP contribution >= 0.6 is 11.6 Å². The van der Waals surface area contributed by atoms with E-state index in [1.54, 1.807) is 6.92 Å². The number of hydrogen-bond acceptors (Lipinski definition) is 6. The van der Waals surface area contributed by atoms with E-state index < -0.39 is 25.0 Å². The number of carbonyl (C=O) groups is 2. The highest BCUT2D eigenvalue weighted by Crippen LogP contribution is 2.34. The molecule has 0 aromatic heterocycles. The van der Waals surface area contributed by atoms with Gasteiger partial charge in [-0.2, -0.15) is 5.10 Å². The van der Waals surface area contributed by atoms with Crippen LogP contribution in [0.25, 0.3) is 0 Å². The van der Waals surface area contributed by atoms with E-state index in [4.69, 9.17) is 26.6 Å². The second-order valence-electron chi connectivity index (χ2n) is 4.14. The Hall–Kier alpha value is -2.48. The van der Waals surface area contributed by atoms with Gasteiger partial charge in [-0.15, -0.1) is 0 Å². The highest BCUT2D eigenvalue weighted by Gasteiger charge is 2.12. The minimum absolute atomic E-state index is 0.0374. The largest absolute Gasteiger partial charge is 0.503 e. The maximum Gasteiger partial charge on any atom is 0.324 e. The molecule has 1 rings (SSSR count). The molecule has 0 fully saturated rings. The van der Waals surface area contributed by atoms with E-state index in [-0.39, 0.29) is 16.5 Å². The molecule has 0 saturated heterocycles. The van der Waals surface area contributed by atoms with Gasteiger partial charge >= 0.3 is 11.9 Å². The molecule has 9 heteroatoms. The van der Waals surface area contributed by atoms with Crippen molar-refractivity contribution >= 4 is 29.8 Å². The van der Waals surface area contributed by atoms with Crippen molar-refractivity contribution in [2.75, 3.05) is 19.7 Å². The fraction of sp³-hybridized carbons (Fsp3) is 0.308. The Kier molecular flexibility index (Phi) is 6.46. The molecule has 0 spiro atoms. The highest BCUT2D eigenvalue weighted by molar-refractivity contribution is 6.32. The SMILES string of the molecule is CCOc1cc(/C=N\N(CC(=O)O)CC(=O)O)cc(Cl)c1O. The molecule has 0 aliphatic heterocycles. The van der Waals surface area contributed by atoms with Crippen LogP contribution in [0.2, 0.25) is 5.02 Å². The Morgan fingerprint density at radius 1 is 1.32 bits per heavy atom. The van der Waals surface area contributed by atoms with Gasteiger partial charge in [0.05, 0.1) is 17.8 Å². The number of phenols is 1. The Morgan fingerprint density at radius 2 is 1.91 bits per heavy atom. The molecule has 0 unspecified atom stereocenters. The molecule has 0 atom stereocenters. The molecule has 1 aromatic carbocycles. The van der Waals surface area contributed by atoms with Crippen molar-refractivity contribution in [1.82, 2.24) is 5.01 Å². The van der Waals surface area contributed by atoms with Crippen molar-refractivity contribution < 1.29 is 29.6 Å². The molecule has 8 nitrogen and oxygen atoms in total. The number of phenolic OH excluding ortho intramolecular Hbond substituents is 1. The van der Waals surface area contributed by atoms with Gasteiger partial charge in [-0.1, -0.05) is 11.6 Å². The van der Waals surface area contributed by atoms with E-state index in [2.05, 4.69) is 5.10 Å². The topological polar surface area (TPSA) is 120 Å². The van der Waals surface area contributed by atoms with E-state index in [9.17, 15) is 14.7 Å². The standard InChI is InChI=1S/C13H15ClN2O6/c1-2-22-10-4-8(3-9(14)13(10)21)5-15-16(6-11(17)18)7-12(19)20/h3-5,21H,2,6-7H2,1H3,(H,17,18)(H,19,20)/b15-5-. The van der Waals surface area contributed by atoms with Crippen molar-refractivity contribution in [3.05, 3.63) is 22.7 Å². The summed E-state index contributed by atoms with van der Waals surface area (Å²) in [6.45, 7) is 0.921. The Bertz CT molecular complexity index is 574. The van der Waals surface area contributed by atoms with Crippen molar-refractivity contribution in [1.29, 1.82) is 0 Å². The van der Waals surface area contributed by atoms with Gasteiger partial charge in [0.1, 0.15) is 13.1 Å². The molecular weight excluding hydrogens is 316 g/mol. The third-order valence-electron chi connectivity index (χ3n) is 2.36. The smallest absolute Gasteiger partial charge is 0.324 e. The predicted molar refractivity (Wildman–Crippen MR) is 78.7 cm³/mol. The number of carboxylic acid groups (broad SMARTS) is 2. The summed E-state index contributed by atoms with van der Waals surface area (Å²) in [6.07, 6.45) is 1.24. The van der Waals surface area contributed by atoms with Crippen LogP contribution in [-0.4, -0.2) is 58.2 Å². The number of hydrazone groups is 1. The van der Waals surface area contributed by atoms with Crippen molar-refractivity contribution in [3.63, 3.8) is 0 Å². The van der Waals surface area contributed by atoms with Crippen LogP contribution in [-0.2, 0) is 9.59 Å². The van der Waals surface area contributed by atoms with Crippen LogP contribution in [0.1, 0.15) is 12.5 Å².